The highest BCUT2D eigenvalue weighted by molar-refractivity contribution is 9.10. The van der Waals surface area contributed by atoms with E-state index < -0.39 is 0 Å². The molecule has 0 radical (unpaired) electrons. The van der Waals surface area contributed by atoms with Crippen molar-refractivity contribution in [3.05, 3.63) is 15.9 Å². The van der Waals surface area contributed by atoms with Crippen LogP contribution in [0.15, 0.2) is 4.60 Å². The zero-order chi connectivity index (χ0) is 11.0. The van der Waals surface area contributed by atoms with Gasteiger partial charge in [-0.3, -0.25) is 4.68 Å². The third-order valence-corrected chi connectivity index (χ3v) is 4.52. The van der Waals surface area contributed by atoms with Crippen molar-refractivity contribution >= 4 is 15.9 Å². The van der Waals surface area contributed by atoms with Crippen molar-refractivity contribution in [2.45, 2.75) is 51.2 Å². The molecule has 0 N–H and O–H groups in total. The Hall–Kier alpha value is -0.350. The lowest BCUT2D eigenvalue weighted by Gasteiger charge is -2.22. The topological polar surface area (TPSA) is 27.1 Å². The minimum atomic E-state index is 0.605. The lowest BCUT2D eigenvalue weighted by Crippen LogP contribution is -2.14. The van der Waals surface area contributed by atoms with Gasteiger partial charge >= 0.3 is 0 Å². The zero-order valence-corrected chi connectivity index (χ0v) is 11.0. The lowest BCUT2D eigenvalue weighted by molar-refractivity contribution is 0.107. The van der Waals surface area contributed by atoms with Crippen molar-refractivity contribution in [2.24, 2.45) is 0 Å². The second-order valence-electron chi connectivity index (χ2n) is 4.76. The molecule has 4 heteroatoms. The normalized spacial score (nSPS) is 22.1. The first kappa shape index (κ1) is 10.8. The fourth-order valence-corrected chi connectivity index (χ4v) is 3.56. The average molecular weight is 285 g/mol. The molecule has 1 aliphatic heterocycles. The summed E-state index contributed by atoms with van der Waals surface area (Å²) in [6, 6.07) is 0.605. The van der Waals surface area contributed by atoms with Gasteiger partial charge in [0, 0.05) is 12.0 Å². The van der Waals surface area contributed by atoms with Crippen molar-refractivity contribution in [2.75, 3.05) is 6.61 Å². The Balaban J connectivity index is 1.91. The van der Waals surface area contributed by atoms with E-state index in [0.717, 1.165) is 18.7 Å². The Morgan fingerprint density at radius 3 is 2.81 bits per heavy atom. The molecular weight excluding hydrogens is 268 g/mol. The minimum absolute atomic E-state index is 0.605. The highest BCUT2D eigenvalue weighted by Gasteiger charge is 2.24. The van der Waals surface area contributed by atoms with Crippen LogP contribution < -0.4 is 0 Å². The van der Waals surface area contributed by atoms with E-state index in [1.165, 1.54) is 42.3 Å². The molecule has 2 aliphatic rings. The van der Waals surface area contributed by atoms with Crippen LogP contribution in [0, 0.1) is 0 Å². The van der Waals surface area contributed by atoms with Crippen LogP contribution in [-0.2, 0) is 17.8 Å². The van der Waals surface area contributed by atoms with Crippen LogP contribution in [0.3, 0.4) is 0 Å². The summed E-state index contributed by atoms with van der Waals surface area (Å²) in [4.78, 5) is 0. The Bertz CT molecular complexity index is 383. The summed E-state index contributed by atoms with van der Waals surface area (Å²) in [6.45, 7) is 1.52. The number of halogens is 1. The molecule has 0 saturated heterocycles. The first-order chi connectivity index (χ1) is 7.86. The monoisotopic (exact) mass is 284 g/mol. The molecule has 1 aliphatic carbocycles. The van der Waals surface area contributed by atoms with E-state index in [4.69, 9.17) is 9.84 Å². The van der Waals surface area contributed by atoms with Crippen LogP contribution in [0.1, 0.15) is 49.4 Å². The Kier molecular flexibility index (Phi) is 3.03. The van der Waals surface area contributed by atoms with Crippen LogP contribution in [0.4, 0.5) is 0 Å². The zero-order valence-electron chi connectivity index (χ0n) is 9.41. The standard InChI is InChI=1S/C12H17BrN2O/c13-12-10-6-7-16-8-11(10)14-15(12)9-4-2-1-3-5-9/h9H,1-8H2. The van der Waals surface area contributed by atoms with Crippen molar-refractivity contribution in [3.8, 4) is 0 Å². The van der Waals surface area contributed by atoms with Crippen molar-refractivity contribution in [3.63, 3.8) is 0 Å². The molecule has 88 valence electrons. The molecule has 0 atom stereocenters. The van der Waals surface area contributed by atoms with Crippen LogP contribution in [0.2, 0.25) is 0 Å². The molecular formula is C12H17BrN2O. The molecule has 1 fully saturated rings. The molecule has 1 aromatic heterocycles. The van der Waals surface area contributed by atoms with Gasteiger partial charge in [0.25, 0.3) is 0 Å². The van der Waals surface area contributed by atoms with Crippen LogP contribution in [0.5, 0.6) is 0 Å². The van der Waals surface area contributed by atoms with E-state index in [2.05, 4.69) is 20.6 Å². The first-order valence-electron chi connectivity index (χ1n) is 6.20. The molecule has 2 heterocycles. The third kappa shape index (κ3) is 1.82. The summed E-state index contributed by atoms with van der Waals surface area (Å²) < 4.78 is 8.87. The fourth-order valence-electron chi connectivity index (χ4n) is 2.77. The number of fused-ring (bicyclic) bond motifs is 1. The first-order valence-corrected chi connectivity index (χ1v) is 6.99. The Morgan fingerprint density at radius 2 is 2.06 bits per heavy atom. The van der Waals surface area contributed by atoms with Crippen molar-refractivity contribution < 1.29 is 4.74 Å². The maximum absolute atomic E-state index is 5.45. The number of hydrogen-bond acceptors (Lipinski definition) is 2. The SMILES string of the molecule is Brc1c2c(nn1C1CCCCC1)COCC2. The minimum Gasteiger partial charge on any atom is -0.375 e. The van der Waals surface area contributed by atoms with E-state index in [1.54, 1.807) is 0 Å². The van der Waals surface area contributed by atoms with Gasteiger partial charge in [-0.05, 0) is 28.8 Å². The molecule has 1 saturated carbocycles. The molecule has 3 nitrogen and oxygen atoms in total. The van der Waals surface area contributed by atoms with Gasteiger partial charge in [-0.25, -0.2) is 0 Å². The predicted molar refractivity (Wildman–Crippen MR) is 65.4 cm³/mol. The number of rotatable bonds is 1. The van der Waals surface area contributed by atoms with E-state index >= 15 is 0 Å². The molecule has 1 aromatic rings. The Labute approximate surface area is 104 Å². The fraction of sp³-hybridized carbons (Fsp3) is 0.750. The van der Waals surface area contributed by atoms with E-state index in [-0.39, 0.29) is 0 Å². The lowest BCUT2D eigenvalue weighted by atomic mass is 9.96. The van der Waals surface area contributed by atoms with Gasteiger partial charge in [-0.15, -0.1) is 0 Å². The molecule has 0 aromatic carbocycles. The van der Waals surface area contributed by atoms with Gasteiger partial charge in [0.2, 0.25) is 0 Å². The average Bonchev–Trinajstić information content (AvgIpc) is 2.69. The van der Waals surface area contributed by atoms with Gasteiger partial charge in [0.15, 0.2) is 0 Å². The second-order valence-corrected chi connectivity index (χ2v) is 5.51. The van der Waals surface area contributed by atoms with E-state index in [9.17, 15) is 0 Å². The predicted octanol–water partition coefficient (Wildman–Crippen LogP) is 3.22. The molecule has 16 heavy (non-hydrogen) atoms. The maximum atomic E-state index is 5.45. The van der Waals surface area contributed by atoms with E-state index in [1.807, 2.05) is 0 Å². The highest BCUT2D eigenvalue weighted by atomic mass is 79.9. The number of nitrogens with zero attached hydrogens (tertiary/aromatic N) is 2. The number of aromatic nitrogens is 2. The third-order valence-electron chi connectivity index (χ3n) is 3.68. The van der Waals surface area contributed by atoms with Crippen LogP contribution in [-0.4, -0.2) is 16.4 Å². The van der Waals surface area contributed by atoms with Crippen molar-refractivity contribution in [1.29, 1.82) is 0 Å². The molecule has 3 rings (SSSR count). The number of ether oxygens (including phenoxy) is 1. The largest absolute Gasteiger partial charge is 0.375 e. The maximum Gasteiger partial charge on any atom is 0.108 e. The van der Waals surface area contributed by atoms with Crippen LogP contribution >= 0.6 is 15.9 Å². The summed E-state index contributed by atoms with van der Waals surface area (Å²) >= 11 is 3.72. The summed E-state index contributed by atoms with van der Waals surface area (Å²) in [5.41, 5.74) is 2.51. The van der Waals surface area contributed by atoms with Gasteiger partial charge in [0.1, 0.15) is 4.60 Å². The van der Waals surface area contributed by atoms with Gasteiger partial charge in [-0.2, -0.15) is 5.10 Å². The summed E-state index contributed by atoms with van der Waals surface area (Å²) in [7, 11) is 0. The summed E-state index contributed by atoms with van der Waals surface area (Å²) in [5, 5.41) is 4.72. The van der Waals surface area contributed by atoms with Gasteiger partial charge in [-0.1, -0.05) is 19.3 Å². The van der Waals surface area contributed by atoms with E-state index in [0.29, 0.717) is 12.6 Å². The quantitative estimate of drug-likeness (QED) is 0.792. The second kappa shape index (κ2) is 4.49. The summed E-state index contributed by atoms with van der Waals surface area (Å²) in [6.07, 6.45) is 7.64. The summed E-state index contributed by atoms with van der Waals surface area (Å²) in [5.74, 6) is 0. The molecule has 0 bridgehead atoms. The highest BCUT2D eigenvalue weighted by Crippen LogP contribution is 2.34. The van der Waals surface area contributed by atoms with Crippen LogP contribution in [0.25, 0.3) is 0 Å². The van der Waals surface area contributed by atoms with Gasteiger partial charge < -0.3 is 4.74 Å². The van der Waals surface area contributed by atoms with Crippen molar-refractivity contribution in [1.82, 2.24) is 9.78 Å². The molecule has 0 spiro atoms. The molecule has 0 unspecified atom stereocenters. The molecule has 0 amide bonds. The Morgan fingerprint density at radius 1 is 1.25 bits per heavy atom. The smallest absolute Gasteiger partial charge is 0.108 e. The number of hydrogen-bond donors (Lipinski definition) is 0. The van der Waals surface area contributed by atoms with Gasteiger partial charge in [0.05, 0.1) is 24.9 Å².